The summed E-state index contributed by atoms with van der Waals surface area (Å²) < 4.78 is 6.93. The van der Waals surface area contributed by atoms with E-state index in [0.717, 1.165) is 0 Å². The molecular formula is C12H16N4O4S. The number of imidazole rings is 1. The van der Waals surface area contributed by atoms with Crippen molar-refractivity contribution < 1.29 is 14.8 Å². The lowest BCUT2D eigenvalue weighted by atomic mass is 10.1. The molecule has 3 heterocycles. The minimum absolute atomic E-state index is 0.0243. The van der Waals surface area contributed by atoms with Crippen LogP contribution in [0, 0.1) is 10.1 Å². The Kier molecular flexibility index (Phi) is 3.79. The summed E-state index contributed by atoms with van der Waals surface area (Å²) in [6.07, 6.45) is 1.64. The van der Waals surface area contributed by atoms with E-state index in [1.54, 1.807) is 18.5 Å². The molecule has 0 aromatic carbocycles. The van der Waals surface area contributed by atoms with Crippen LogP contribution in [0.15, 0.2) is 11.6 Å². The quantitative estimate of drug-likeness (QED) is 0.675. The van der Waals surface area contributed by atoms with Crippen LogP contribution in [0.25, 0.3) is 4.96 Å². The third kappa shape index (κ3) is 2.59. The molecule has 3 rings (SSSR count). The maximum absolute atomic E-state index is 11.4. The number of morpholine rings is 1. The highest BCUT2D eigenvalue weighted by Gasteiger charge is 2.34. The zero-order chi connectivity index (χ0) is 15.0. The number of ether oxygens (including phenoxy) is 1. The lowest BCUT2D eigenvalue weighted by Gasteiger charge is -2.35. The van der Waals surface area contributed by atoms with E-state index in [0.29, 0.717) is 37.0 Å². The van der Waals surface area contributed by atoms with Crippen molar-refractivity contribution >= 4 is 27.9 Å². The Bertz CT molecular complexity index is 653. The van der Waals surface area contributed by atoms with E-state index in [2.05, 4.69) is 4.98 Å². The molecule has 1 N–H and O–H groups in total. The lowest BCUT2D eigenvalue weighted by molar-refractivity contribution is -0.389. The zero-order valence-corrected chi connectivity index (χ0v) is 12.3. The Morgan fingerprint density at radius 3 is 3.24 bits per heavy atom. The smallest absolute Gasteiger partial charge is 0.373 e. The standard InChI is InChI=1S/C12H16N4O4S/c1-8(17)6-9-7-20-4-2-14(9)10-11(16(18)19)15-3-5-21-12(15)13-10/h3,5,8-9,17H,2,4,6-7H2,1H3. The van der Waals surface area contributed by atoms with E-state index < -0.39 is 11.0 Å². The molecule has 0 bridgehead atoms. The van der Waals surface area contributed by atoms with Crippen LogP contribution in [0.5, 0.6) is 0 Å². The van der Waals surface area contributed by atoms with Gasteiger partial charge in [-0.25, -0.2) is 0 Å². The van der Waals surface area contributed by atoms with Gasteiger partial charge in [0.25, 0.3) is 4.96 Å². The van der Waals surface area contributed by atoms with Gasteiger partial charge < -0.3 is 24.9 Å². The summed E-state index contributed by atoms with van der Waals surface area (Å²) in [7, 11) is 0. The predicted molar refractivity (Wildman–Crippen MR) is 78.0 cm³/mol. The number of nitrogens with zero attached hydrogens (tertiary/aromatic N) is 4. The minimum Gasteiger partial charge on any atom is -0.393 e. The van der Waals surface area contributed by atoms with Crippen molar-refractivity contribution in [1.82, 2.24) is 9.38 Å². The summed E-state index contributed by atoms with van der Waals surface area (Å²) in [4.78, 5) is 17.9. The normalized spacial score (nSPS) is 20.9. The van der Waals surface area contributed by atoms with Crippen molar-refractivity contribution in [2.75, 3.05) is 24.7 Å². The number of aromatic nitrogens is 2. The largest absolute Gasteiger partial charge is 0.393 e. The van der Waals surface area contributed by atoms with E-state index in [1.807, 2.05) is 4.90 Å². The molecule has 2 aromatic rings. The monoisotopic (exact) mass is 312 g/mol. The highest BCUT2D eigenvalue weighted by atomic mass is 32.1. The highest BCUT2D eigenvalue weighted by Crippen LogP contribution is 2.33. The molecule has 0 radical (unpaired) electrons. The summed E-state index contributed by atoms with van der Waals surface area (Å²) in [5.74, 6) is 0.338. The van der Waals surface area contributed by atoms with Crippen molar-refractivity contribution in [2.45, 2.75) is 25.5 Å². The summed E-state index contributed by atoms with van der Waals surface area (Å²) in [5.41, 5.74) is 0. The second kappa shape index (κ2) is 5.58. The molecule has 114 valence electrons. The van der Waals surface area contributed by atoms with Gasteiger partial charge in [0, 0.05) is 11.9 Å². The van der Waals surface area contributed by atoms with E-state index in [1.165, 1.54) is 15.7 Å². The number of fused-ring (bicyclic) bond motifs is 1. The van der Waals surface area contributed by atoms with Gasteiger partial charge >= 0.3 is 5.82 Å². The third-order valence-electron chi connectivity index (χ3n) is 3.50. The Hall–Kier alpha value is -1.71. The molecule has 9 heteroatoms. The van der Waals surface area contributed by atoms with E-state index in [-0.39, 0.29) is 11.9 Å². The van der Waals surface area contributed by atoms with Gasteiger partial charge in [0.15, 0.2) is 0 Å². The molecule has 0 aliphatic carbocycles. The zero-order valence-electron chi connectivity index (χ0n) is 11.5. The molecule has 2 atom stereocenters. The topological polar surface area (TPSA) is 93.1 Å². The van der Waals surface area contributed by atoms with Crippen molar-refractivity contribution in [1.29, 1.82) is 0 Å². The first-order valence-corrected chi connectivity index (χ1v) is 7.58. The molecule has 1 saturated heterocycles. The molecular weight excluding hydrogens is 296 g/mol. The van der Waals surface area contributed by atoms with Crippen LogP contribution in [0.2, 0.25) is 0 Å². The second-order valence-electron chi connectivity index (χ2n) is 5.08. The van der Waals surface area contributed by atoms with Gasteiger partial charge in [0.1, 0.15) is 6.20 Å². The Labute approximate surface area is 124 Å². The number of rotatable bonds is 4. The molecule has 21 heavy (non-hydrogen) atoms. The van der Waals surface area contributed by atoms with Gasteiger partial charge in [-0.1, -0.05) is 11.3 Å². The SMILES string of the molecule is CC(O)CC1COCCN1c1nc2sccn2c1[N+](=O)[O-]. The van der Waals surface area contributed by atoms with E-state index in [4.69, 9.17) is 4.74 Å². The number of aliphatic hydroxyl groups is 1. The van der Waals surface area contributed by atoms with Crippen LogP contribution in [0.1, 0.15) is 13.3 Å². The van der Waals surface area contributed by atoms with Crippen molar-refractivity contribution in [2.24, 2.45) is 0 Å². The van der Waals surface area contributed by atoms with Crippen molar-refractivity contribution in [3.63, 3.8) is 0 Å². The Morgan fingerprint density at radius 1 is 1.71 bits per heavy atom. The number of thiazole rings is 1. The first kappa shape index (κ1) is 14.2. The fraction of sp³-hybridized carbons (Fsp3) is 0.583. The number of nitro groups is 1. The van der Waals surface area contributed by atoms with Crippen LogP contribution in [0.4, 0.5) is 11.6 Å². The van der Waals surface area contributed by atoms with Gasteiger partial charge in [-0.15, -0.1) is 0 Å². The number of anilines is 1. The first-order valence-electron chi connectivity index (χ1n) is 6.70. The van der Waals surface area contributed by atoms with Gasteiger partial charge in [-0.3, -0.25) is 0 Å². The molecule has 8 nitrogen and oxygen atoms in total. The average molecular weight is 312 g/mol. The van der Waals surface area contributed by atoms with Crippen molar-refractivity contribution in [3.8, 4) is 0 Å². The maximum Gasteiger partial charge on any atom is 0.373 e. The summed E-state index contributed by atoms with van der Waals surface area (Å²) in [6.45, 7) is 3.17. The minimum atomic E-state index is -0.498. The van der Waals surface area contributed by atoms with Crippen LogP contribution in [0.3, 0.4) is 0 Å². The molecule has 1 fully saturated rings. The molecule has 2 aromatic heterocycles. The fourth-order valence-electron chi connectivity index (χ4n) is 2.65. The second-order valence-corrected chi connectivity index (χ2v) is 5.95. The summed E-state index contributed by atoms with van der Waals surface area (Å²) in [6, 6.07) is -0.109. The first-order chi connectivity index (χ1) is 10.1. The average Bonchev–Trinajstić information content (AvgIpc) is 2.97. The van der Waals surface area contributed by atoms with Gasteiger partial charge in [0.05, 0.1) is 25.4 Å². The lowest BCUT2D eigenvalue weighted by Crippen LogP contribution is -2.47. The summed E-state index contributed by atoms with van der Waals surface area (Å²) in [5, 5.41) is 22.8. The van der Waals surface area contributed by atoms with Crippen molar-refractivity contribution in [3.05, 3.63) is 21.7 Å². The molecule has 2 unspecified atom stereocenters. The molecule has 0 spiro atoms. The van der Waals surface area contributed by atoms with E-state index in [9.17, 15) is 15.2 Å². The number of hydrogen-bond acceptors (Lipinski definition) is 7. The fourth-order valence-corrected chi connectivity index (χ4v) is 3.35. The number of aliphatic hydroxyl groups excluding tert-OH is 1. The van der Waals surface area contributed by atoms with Crippen LogP contribution >= 0.6 is 11.3 Å². The van der Waals surface area contributed by atoms with Crippen LogP contribution in [-0.2, 0) is 4.74 Å². The van der Waals surface area contributed by atoms with Gasteiger partial charge in [-0.2, -0.15) is 9.38 Å². The number of hydrogen-bond donors (Lipinski definition) is 1. The molecule has 1 aliphatic heterocycles. The maximum atomic E-state index is 11.4. The van der Waals surface area contributed by atoms with Gasteiger partial charge in [0.2, 0.25) is 5.82 Å². The van der Waals surface area contributed by atoms with Gasteiger partial charge in [-0.05, 0) is 18.3 Å². The molecule has 0 saturated carbocycles. The molecule has 1 aliphatic rings. The highest BCUT2D eigenvalue weighted by molar-refractivity contribution is 7.15. The Balaban J connectivity index is 2.02. The Morgan fingerprint density at radius 2 is 2.52 bits per heavy atom. The van der Waals surface area contributed by atoms with Crippen LogP contribution < -0.4 is 4.90 Å². The third-order valence-corrected chi connectivity index (χ3v) is 4.26. The summed E-state index contributed by atoms with van der Waals surface area (Å²) >= 11 is 1.36. The van der Waals surface area contributed by atoms with Crippen LogP contribution in [-0.4, -0.2) is 51.3 Å². The molecule has 0 amide bonds. The van der Waals surface area contributed by atoms with E-state index >= 15 is 0 Å². The predicted octanol–water partition coefficient (Wildman–Crippen LogP) is 1.28.